The summed E-state index contributed by atoms with van der Waals surface area (Å²) in [5.74, 6) is -2.62. The van der Waals surface area contributed by atoms with Gasteiger partial charge in [0.25, 0.3) is 0 Å². The molecule has 0 unspecified atom stereocenters. The monoisotopic (exact) mass is 512 g/mol. The van der Waals surface area contributed by atoms with Crippen LogP contribution in [0.1, 0.15) is 50.7 Å². The number of likely N-dealkylation sites (tertiary alicyclic amines) is 1. The van der Waals surface area contributed by atoms with Gasteiger partial charge in [-0.1, -0.05) is 56.3 Å². The summed E-state index contributed by atoms with van der Waals surface area (Å²) < 4.78 is 13.8. The summed E-state index contributed by atoms with van der Waals surface area (Å²) >= 11 is 0. The fourth-order valence-corrected chi connectivity index (χ4v) is 4.52. The molecule has 0 radical (unpaired) electrons. The van der Waals surface area contributed by atoms with E-state index in [-0.39, 0.29) is 17.6 Å². The van der Waals surface area contributed by atoms with Crippen molar-refractivity contribution in [2.75, 3.05) is 19.6 Å². The minimum absolute atomic E-state index is 0.0361. The predicted octanol–water partition coefficient (Wildman–Crippen LogP) is 4.62. The first-order valence-corrected chi connectivity index (χ1v) is 12.7. The summed E-state index contributed by atoms with van der Waals surface area (Å²) in [5.41, 5.74) is 1.72. The van der Waals surface area contributed by atoms with Crippen LogP contribution in [0, 0.1) is 11.7 Å². The second kappa shape index (κ2) is 14.9. The lowest BCUT2D eigenvalue weighted by Crippen LogP contribution is -2.49. The summed E-state index contributed by atoms with van der Waals surface area (Å²) in [4.78, 5) is 34.6. The number of halogens is 1. The number of hydrogen-bond donors (Lipinski definition) is 3. The molecule has 37 heavy (non-hydrogen) atoms. The van der Waals surface area contributed by atoms with Crippen molar-refractivity contribution in [1.82, 2.24) is 10.2 Å². The Morgan fingerprint density at radius 1 is 0.973 bits per heavy atom. The Hall–Kier alpha value is -3.52. The predicted molar refractivity (Wildman–Crippen MR) is 141 cm³/mol. The number of hydrogen-bond acceptors (Lipinski definition) is 4. The Morgan fingerprint density at radius 3 is 2.08 bits per heavy atom. The first-order chi connectivity index (χ1) is 17.7. The topological polar surface area (TPSA) is 107 Å². The SMILES string of the molecule is CCC(CC)(NC(=O)C1CCN(CCc2ccccc2)CC1)c1cccc(F)c1.O=C(O)/C=C/C(=O)O. The molecule has 0 saturated carbocycles. The Balaban J connectivity index is 0.000000521. The molecule has 1 amide bonds. The fraction of sp³-hybridized carbons (Fsp3) is 0.414. The van der Waals surface area contributed by atoms with E-state index >= 15 is 0 Å². The molecule has 2 aromatic carbocycles. The van der Waals surface area contributed by atoms with Crippen LogP contribution in [0.2, 0.25) is 0 Å². The Kier molecular flexibility index (Phi) is 12.0. The van der Waals surface area contributed by atoms with Crippen molar-refractivity contribution in [3.8, 4) is 0 Å². The largest absolute Gasteiger partial charge is 0.478 e. The van der Waals surface area contributed by atoms with Gasteiger partial charge in [0.15, 0.2) is 0 Å². The van der Waals surface area contributed by atoms with Gasteiger partial charge in [-0.05, 0) is 68.5 Å². The van der Waals surface area contributed by atoms with Crippen LogP contribution < -0.4 is 5.32 Å². The number of carboxylic acids is 2. The smallest absolute Gasteiger partial charge is 0.328 e. The van der Waals surface area contributed by atoms with Gasteiger partial charge in [-0.15, -0.1) is 0 Å². The molecule has 0 aliphatic carbocycles. The van der Waals surface area contributed by atoms with Crippen LogP contribution in [0.15, 0.2) is 66.7 Å². The number of nitrogens with zero attached hydrogens (tertiary/aromatic N) is 1. The maximum absolute atomic E-state index is 13.8. The van der Waals surface area contributed by atoms with Crippen molar-refractivity contribution in [3.05, 3.63) is 83.7 Å². The van der Waals surface area contributed by atoms with Crippen molar-refractivity contribution in [2.45, 2.75) is 51.5 Å². The highest BCUT2D eigenvalue weighted by Crippen LogP contribution is 2.30. The zero-order valence-electron chi connectivity index (χ0n) is 21.5. The van der Waals surface area contributed by atoms with Crippen LogP contribution in [0.3, 0.4) is 0 Å². The third kappa shape index (κ3) is 9.80. The zero-order valence-corrected chi connectivity index (χ0v) is 21.5. The van der Waals surface area contributed by atoms with Gasteiger partial charge in [0.1, 0.15) is 5.82 Å². The van der Waals surface area contributed by atoms with E-state index in [4.69, 9.17) is 10.2 Å². The van der Waals surface area contributed by atoms with Crippen LogP contribution in [0.4, 0.5) is 4.39 Å². The molecule has 200 valence electrons. The second-order valence-electron chi connectivity index (χ2n) is 9.15. The Bertz CT molecular complexity index is 1030. The maximum atomic E-state index is 13.8. The molecule has 1 aliphatic rings. The number of rotatable bonds is 10. The summed E-state index contributed by atoms with van der Waals surface area (Å²) in [6.07, 6.45) is 5.42. The number of benzene rings is 2. The van der Waals surface area contributed by atoms with Gasteiger partial charge in [0.05, 0.1) is 5.54 Å². The molecule has 8 heteroatoms. The van der Waals surface area contributed by atoms with Crippen molar-refractivity contribution in [2.24, 2.45) is 5.92 Å². The molecule has 0 atom stereocenters. The molecular formula is C29H37FN2O5. The number of carbonyl (C=O) groups is 3. The second-order valence-corrected chi connectivity index (χ2v) is 9.15. The van der Waals surface area contributed by atoms with E-state index in [2.05, 4.69) is 48.3 Å². The van der Waals surface area contributed by atoms with Crippen molar-refractivity contribution in [3.63, 3.8) is 0 Å². The highest BCUT2D eigenvalue weighted by molar-refractivity contribution is 5.89. The summed E-state index contributed by atoms with van der Waals surface area (Å²) in [7, 11) is 0. The van der Waals surface area contributed by atoms with Crippen LogP contribution in [-0.2, 0) is 26.3 Å². The van der Waals surface area contributed by atoms with Crippen LogP contribution in [0.5, 0.6) is 0 Å². The number of nitrogens with one attached hydrogen (secondary N) is 1. The van der Waals surface area contributed by atoms with Gasteiger partial charge in [-0.25, -0.2) is 14.0 Å². The molecule has 1 fully saturated rings. The van der Waals surface area contributed by atoms with Crippen molar-refractivity contribution in [1.29, 1.82) is 0 Å². The standard InChI is InChI=1S/C25H33FN2O.C4H4O4/c1-3-25(4-2,22-11-8-12-23(26)19-22)27-24(29)21-14-17-28(18-15-21)16-13-20-9-6-5-7-10-20;5-3(6)1-2-4(7)8/h5-12,19,21H,3-4,13-18H2,1-2H3,(H,27,29);1-2H,(H,5,6)(H,7,8)/b;2-1+. The third-order valence-electron chi connectivity index (χ3n) is 6.83. The first kappa shape index (κ1) is 29.7. The molecule has 0 aromatic heterocycles. The highest BCUT2D eigenvalue weighted by Gasteiger charge is 2.34. The number of aliphatic carboxylic acids is 2. The van der Waals surface area contributed by atoms with Gasteiger partial charge in [-0.3, -0.25) is 4.79 Å². The minimum atomic E-state index is -1.26. The molecule has 1 heterocycles. The van der Waals surface area contributed by atoms with E-state index in [0.717, 1.165) is 57.3 Å². The molecule has 3 N–H and O–H groups in total. The highest BCUT2D eigenvalue weighted by atomic mass is 19.1. The van der Waals surface area contributed by atoms with Gasteiger partial charge >= 0.3 is 11.9 Å². The van der Waals surface area contributed by atoms with Gasteiger partial charge in [0, 0.05) is 24.6 Å². The van der Waals surface area contributed by atoms with Crippen LogP contribution in [-0.4, -0.2) is 52.6 Å². The average molecular weight is 513 g/mol. The van der Waals surface area contributed by atoms with E-state index in [1.165, 1.54) is 11.6 Å². The van der Waals surface area contributed by atoms with Crippen molar-refractivity contribution < 1.29 is 29.0 Å². The quantitative estimate of drug-likeness (QED) is 0.401. The maximum Gasteiger partial charge on any atom is 0.328 e. The van der Waals surface area contributed by atoms with Gasteiger partial charge in [0.2, 0.25) is 5.91 Å². The van der Waals surface area contributed by atoms with E-state index < -0.39 is 17.5 Å². The summed E-state index contributed by atoms with van der Waals surface area (Å²) in [6, 6.07) is 17.2. The Morgan fingerprint density at radius 2 is 1.57 bits per heavy atom. The lowest BCUT2D eigenvalue weighted by molar-refractivity contribution is -0.134. The summed E-state index contributed by atoms with van der Waals surface area (Å²) in [5, 5.41) is 18.9. The molecule has 0 spiro atoms. The average Bonchev–Trinajstić information content (AvgIpc) is 2.90. The van der Waals surface area contributed by atoms with E-state index in [1.807, 2.05) is 12.1 Å². The third-order valence-corrected chi connectivity index (χ3v) is 6.83. The fourth-order valence-electron chi connectivity index (χ4n) is 4.52. The van der Waals surface area contributed by atoms with Crippen molar-refractivity contribution >= 4 is 17.8 Å². The van der Waals surface area contributed by atoms with Crippen LogP contribution >= 0.6 is 0 Å². The van der Waals surface area contributed by atoms with Gasteiger partial charge in [-0.2, -0.15) is 0 Å². The summed E-state index contributed by atoms with van der Waals surface area (Å²) in [6.45, 7) is 7.06. The molecule has 1 aliphatic heterocycles. The zero-order chi connectivity index (χ0) is 27.3. The van der Waals surface area contributed by atoms with E-state index in [1.54, 1.807) is 12.1 Å². The van der Waals surface area contributed by atoms with Crippen LogP contribution in [0.25, 0.3) is 0 Å². The molecular weight excluding hydrogens is 475 g/mol. The Labute approximate surface area is 218 Å². The lowest BCUT2D eigenvalue weighted by Gasteiger charge is -2.37. The van der Waals surface area contributed by atoms with E-state index in [0.29, 0.717) is 12.2 Å². The normalized spacial score (nSPS) is 14.6. The van der Waals surface area contributed by atoms with Gasteiger partial charge < -0.3 is 20.4 Å². The molecule has 2 aromatic rings. The number of amides is 1. The molecule has 3 rings (SSSR count). The minimum Gasteiger partial charge on any atom is -0.478 e. The van der Waals surface area contributed by atoms with E-state index in [9.17, 15) is 18.8 Å². The number of piperidine rings is 1. The molecule has 7 nitrogen and oxygen atoms in total. The molecule has 0 bridgehead atoms. The lowest BCUT2D eigenvalue weighted by atomic mass is 9.83. The molecule has 1 saturated heterocycles. The number of carboxylic acid groups (broad SMARTS) is 2. The number of carbonyl (C=O) groups excluding carboxylic acids is 1. The first-order valence-electron chi connectivity index (χ1n) is 12.7.